The van der Waals surface area contributed by atoms with Crippen molar-refractivity contribution in [2.24, 2.45) is 5.92 Å². The molecule has 1 aromatic heterocycles. The molecule has 0 bridgehead atoms. The fourth-order valence-corrected chi connectivity index (χ4v) is 4.08. The number of carbonyl (C=O) groups excluding carboxylic acids is 1. The van der Waals surface area contributed by atoms with Crippen LogP contribution in [0.25, 0.3) is 0 Å². The van der Waals surface area contributed by atoms with E-state index in [0.717, 1.165) is 43.7 Å². The zero-order chi connectivity index (χ0) is 19.9. The number of benzene rings is 1. The molecule has 1 atom stereocenters. The van der Waals surface area contributed by atoms with Crippen molar-refractivity contribution in [3.05, 3.63) is 63.9 Å². The second-order valence-electron chi connectivity index (χ2n) is 7.06. The number of aromatic nitrogens is 1. The minimum Gasteiger partial charge on any atom is -0.375 e. The average Bonchev–Trinajstić information content (AvgIpc) is 2.71. The van der Waals surface area contributed by atoms with Gasteiger partial charge in [0.05, 0.1) is 21.8 Å². The largest absolute Gasteiger partial charge is 0.375 e. The normalized spacial score (nSPS) is 16.7. The molecule has 1 aliphatic rings. The first-order valence-electron chi connectivity index (χ1n) is 9.43. The summed E-state index contributed by atoms with van der Waals surface area (Å²) in [7, 11) is 1.52. The van der Waals surface area contributed by atoms with Crippen LogP contribution in [0, 0.1) is 5.92 Å². The van der Waals surface area contributed by atoms with Crippen molar-refractivity contribution in [3.8, 4) is 0 Å². The van der Waals surface area contributed by atoms with Crippen LogP contribution >= 0.6 is 23.2 Å². The zero-order valence-electron chi connectivity index (χ0n) is 15.9. The van der Waals surface area contributed by atoms with Gasteiger partial charge in [-0.25, -0.2) is 0 Å². The standard InChI is InChI=1S/C21H25Cl2N3O2/c1-28-14-19(27)25-21(18-7-2-3-10-24-18)15-8-11-26(12-9-15)13-16-5-4-6-17(22)20(16)23/h2-7,10,15,21H,8-9,11-14H2,1H3,(H,25,27). The smallest absolute Gasteiger partial charge is 0.246 e. The number of piperidine rings is 1. The van der Waals surface area contributed by atoms with Gasteiger partial charge in [-0.1, -0.05) is 41.4 Å². The number of hydrogen-bond donors (Lipinski definition) is 1. The Morgan fingerprint density at radius 3 is 2.71 bits per heavy atom. The summed E-state index contributed by atoms with van der Waals surface area (Å²) in [6.07, 6.45) is 3.69. The molecule has 0 spiro atoms. The van der Waals surface area contributed by atoms with E-state index in [1.165, 1.54) is 7.11 Å². The molecule has 0 radical (unpaired) electrons. The summed E-state index contributed by atoms with van der Waals surface area (Å²) in [5.74, 6) is 0.202. The summed E-state index contributed by atoms with van der Waals surface area (Å²) in [4.78, 5) is 19.0. The van der Waals surface area contributed by atoms with Gasteiger partial charge in [-0.05, 0) is 55.6 Å². The van der Waals surface area contributed by atoms with Gasteiger partial charge in [-0.3, -0.25) is 14.7 Å². The van der Waals surface area contributed by atoms with Crippen LogP contribution in [-0.2, 0) is 16.1 Å². The summed E-state index contributed by atoms with van der Waals surface area (Å²) in [5, 5.41) is 4.32. The summed E-state index contributed by atoms with van der Waals surface area (Å²) >= 11 is 12.5. The van der Waals surface area contributed by atoms with Crippen molar-refractivity contribution >= 4 is 29.1 Å². The molecule has 7 heteroatoms. The molecule has 2 heterocycles. The molecule has 1 amide bonds. The van der Waals surface area contributed by atoms with E-state index < -0.39 is 0 Å². The minimum absolute atomic E-state index is 0.0510. The van der Waals surface area contributed by atoms with Crippen molar-refractivity contribution in [1.82, 2.24) is 15.2 Å². The highest BCUT2D eigenvalue weighted by atomic mass is 35.5. The molecular formula is C21H25Cl2N3O2. The summed E-state index contributed by atoms with van der Waals surface area (Å²) in [6.45, 7) is 2.68. The minimum atomic E-state index is -0.119. The Kier molecular flexibility index (Phi) is 7.68. The van der Waals surface area contributed by atoms with Crippen LogP contribution in [0.3, 0.4) is 0 Å². The van der Waals surface area contributed by atoms with Gasteiger partial charge in [0.15, 0.2) is 0 Å². The lowest BCUT2D eigenvalue weighted by atomic mass is 9.87. The van der Waals surface area contributed by atoms with Crippen molar-refractivity contribution in [2.75, 3.05) is 26.8 Å². The van der Waals surface area contributed by atoms with Crippen LogP contribution in [0.4, 0.5) is 0 Å². The van der Waals surface area contributed by atoms with Crippen molar-refractivity contribution in [1.29, 1.82) is 0 Å². The van der Waals surface area contributed by atoms with Crippen LogP contribution in [-0.4, -0.2) is 42.6 Å². The Bertz CT molecular complexity index is 780. The lowest BCUT2D eigenvalue weighted by Gasteiger charge is -2.36. The van der Waals surface area contributed by atoms with Crippen LogP contribution in [0.15, 0.2) is 42.6 Å². The molecule has 2 aromatic rings. The van der Waals surface area contributed by atoms with Gasteiger partial charge in [0.25, 0.3) is 0 Å². The molecule has 28 heavy (non-hydrogen) atoms. The van der Waals surface area contributed by atoms with Gasteiger partial charge in [0, 0.05) is 19.9 Å². The number of halogens is 2. The number of amides is 1. The van der Waals surface area contributed by atoms with E-state index in [0.29, 0.717) is 16.0 Å². The molecule has 5 nitrogen and oxygen atoms in total. The zero-order valence-corrected chi connectivity index (χ0v) is 17.4. The Balaban J connectivity index is 1.64. The second kappa shape index (κ2) is 10.2. The van der Waals surface area contributed by atoms with Gasteiger partial charge < -0.3 is 10.1 Å². The molecule has 0 saturated carbocycles. The van der Waals surface area contributed by atoms with Gasteiger partial charge in [-0.15, -0.1) is 0 Å². The number of hydrogen-bond acceptors (Lipinski definition) is 4. The molecule has 1 fully saturated rings. The van der Waals surface area contributed by atoms with E-state index >= 15 is 0 Å². The Morgan fingerprint density at radius 1 is 1.25 bits per heavy atom. The summed E-state index contributed by atoms with van der Waals surface area (Å²) < 4.78 is 4.97. The van der Waals surface area contributed by atoms with Crippen LogP contribution in [0.1, 0.15) is 30.1 Å². The molecule has 150 valence electrons. The summed E-state index contributed by atoms with van der Waals surface area (Å²) in [5.41, 5.74) is 1.94. The predicted octanol–water partition coefficient (Wildman–Crippen LogP) is 4.10. The SMILES string of the molecule is COCC(=O)NC(c1ccccn1)C1CCN(Cc2cccc(Cl)c2Cl)CC1. The van der Waals surface area contributed by atoms with E-state index in [1.807, 2.05) is 30.3 Å². The van der Waals surface area contributed by atoms with Crippen LogP contribution in [0.2, 0.25) is 10.0 Å². The number of nitrogens with one attached hydrogen (secondary N) is 1. The summed E-state index contributed by atoms with van der Waals surface area (Å²) in [6, 6.07) is 11.4. The van der Waals surface area contributed by atoms with Crippen molar-refractivity contribution < 1.29 is 9.53 Å². The molecular weight excluding hydrogens is 397 g/mol. The van der Waals surface area contributed by atoms with Gasteiger partial charge >= 0.3 is 0 Å². The highest BCUT2D eigenvalue weighted by molar-refractivity contribution is 6.42. The second-order valence-corrected chi connectivity index (χ2v) is 7.84. The Morgan fingerprint density at radius 2 is 2.04 bits per heavy atom. The van der Waals surface area contributed by atoms with E-state index in [2.05, 4.69) is 15.2 Å². The number of ether oxygens (including phenoxy) is 1. The molecule has 1 aromatic carbocycles. The van der Waals surface area contributed by atoms with Crippen LogP contribution < -0.4 is 5.32 Å². The molecule has 0 aliphatic carbocycles. The number of methoxy groups -OCH3 is 1. The third kappa shape index (κ3) is 5.45. The topological polar surface area (TPSA) is 54.5 Å². The highest BCUT2D eigenvalue weighted by Crippen LogP contribution is 2.32. The van der Waals surface area contributed by atoms with Crippen LogP contribution in [0.5, 0.6) is 0 Å². The number of nitrogens with zero attached hydrogens (tertiary/aromatic N) is 2. The fraction of sp³-hybridized carbons (Fsp3) is 0.429. The first-order valence-corrected chi connectivity index (χ1v) is 10.2. The fourth-order valence-electron chi connectivity index (χ4n) is 3.70. The number of pyridine rings is 1. The lowest BCUT2D eigenvalue weighted by molar-refractivity contribution is -0.126. The molecule has 1 N–H and O–H groups in total. The third-order valence-electron chi connectivity index (χ3n) is 5.13. The first-order chi connectivity index (χ1) is 13.6. The quantitative estimate of drug-likeness (QED) is 0.730. The highest BCUT2D eigenvalue weighted by Gasteiger charge is 2.30. The van der Waals surface area contributed by atoms with E-state index in [9.17, 15) is 4.79 Å². The van der Waals surface area contributed by atoms with E-state index in [1.54, 1.807) is 12.3 Å². The van der Waals surface area contributed by atoms with Gasteiger partial charge in [0.2, 0.25) is 5.91 Å². The van der Waals surface area contributed by atoms with Gasteiger partial charge in [-0.2, -0.15) is 0 Å². The average molecular weight is 422 g/mol. The maximum absolute atomic E-state index is 12.1. The third-order valence-corrected chi connectivity index (χ3v) is 5.99. The number of carbonyl (C=O) groups is 1. The maximum atomic E-state index is 12.1. The monoisotopic (exact) mass is 421 g/mol. The number of rotatable bonds is 7. The molecule has 1 saturated heterocycles. The first kappa shape index (κ1) is 21.1. The predicted molar refractivity (Wildman–Crippen MR) is 111 cm³/mol. The van der Waals surface area contributed by atoms with E-state index in [4.69, 9.17) is 27.9 Å². The van der Waals surface area contributed by atoms with Crippen molar-refractivity contribution in [3.63, 3.8) is 0 Å². The lowest BCUT2D eigenvalue weighted by Crippen LogP contribution is -2.41. The van der Waals surface area contributed by atoms with Gasteiger partial charge in [0.1, 0.15) is 6.61 Å². The maximum Gasteiger partial charge on any atom is 0.246 e. The molecule has 1 unspecified atom stereocenters. The number of likely N-dealkylation sites (tertiary alicyclic amines) is 1. The van der Waals surface area contributed by atoms with Crippen molar-refractivity contribution in [2.45, 2.75) is 25.4 Å². The molecule has 1 aliphatic heterocycles. The Labute approximate surface area is 176 Å². The van der Waals surface area contributed by atoms with E-state index in [-0.39, 0.29) is 18.6 Å². The molecule has 3 rings (SSSR count). The Hall–Kier alpha value is -1.66.